The van der Waals surface area contributed by atoms with Gasteiger partial charge in [0.1, 0.15) is 0 Å². The van der Waals surface area contributed by atoms with E-state index in [9.17, 15) is 14.9 Å². The Kier molecular flexibility index (Phi) is 3.57. The van der Waals surface area contributed by atoms with Crippen molar-refractivity contribution in [1.29, 1.82) is 0 Å². The van der Waals surface area contributed by atoms with Crippen LogP contribution in [-0.2, 0) is 0 Å². The number of hydrogen-bond donors (Lipinski definition) is 1. The third-order valence-electron chi connectivity index (χ3n) is 2.49. The SMILES string of the molecule is O=c1[nH]cc(C(Br)c2ccccc2)cc1[N+](=O)[O-]. The molecule has 5 nitrogen and oxygen atoms in total. The topological polar surface area (TPSA) is 76.0 Å². The minimum atomic E-state index is -0.698. The number of aromatic amines is 1. The number of H-pyrrole nitrogens is 1. The van der Waals surface area contributed by atoms with Crippen LogP contribution in [0.15, 0.2) is 47.4 Å². The Morgan fingerprint density at radius 1 is 1.22 bits per heavy atom. The van der Waals surface area contributed by atoms with Crippen LogP contribution in [0, 0.1) is 10.1 Å². The molecule has 0 amide bonds. The molecule has 0 aliphatic carbocycles. The molecule has 1 aromatic heterocycles. The van der Waals surface area contributed by atoms with E-state index in [1.165, 1.54) is 12.3 Å². The van der Waals surface area contributed by atoms with Crippen molar-refractivity contribution in [3.63, 3.8) is 0 Å². The first-order valence-electron chi connectivity index (χ1n) is 5.15. The van der Waals surface area contributed by atoms with E-state index in [0.29, 0.717) is 5.56 Å². The lowest BCUT2D eigenvalue weighted by atomic mass is 10.1. The summed E-state index contributed by atoms with van der Waals surface area (Å²) in [6.07, 6.45) is 1.47. The summed E-state index contributed by atoms with van der Waals surface area (Å²) in [7, 11) is 0. The first-order valence-corrected chi connectivity index (χ1v) is 6.07. The van der Waals surface area contributed by atoms with E-state index in [2.05, 4.69) is 20.9 Å². The number of aromatic nitrogens is 1. The highest BCUT2D eigenvalue weighted by Crippen LogP contribution is 2.30. The largest absolute Gasteiger partial charge is 0.334 e. The Morgan fingerprint density at radius 2 is 1.89 bits per heavy atom. The molecule has 1 atom stereocenters. The van der Waals surface area contributed by atoms with Crippen LogP contribution in [0.5, 0.6) is 0 Å². The summed E-state index contributed by atoms with van der Waals surface area (Å²) in [6.45, 7) is 0. The van der Waals surface area contributed by atoms with Crippen LogP contribution in [0.4, 0.5) is 5.69 Å². The molecule has 92 valence electrons. The molecular weight excluding hydrogens is 300 g/mol. The van der Waals surface area contributed by atoms with E-state index in [4.69, 9.17) is 0 Å². The molecule has 0 saturated heterocycles. The smallest absolute Gasteiger partial charge is 0.323 e. The second-order valence-corrected chi connectivity index (χ2v) is 4.59. The van der Waals surface area contributed by atoms with E-state index in [1.807, 2.05) is 30.3 Å². The van der Waals surface area contributed by atoms with Crippen molar-refractivity contribution < 1.29 is 4.92 Å². The maximum atomic E-state index is 11.3. The maximum Gasteiger partial charge on any atom is 0.334 e. The van der Waals surface area contributed by atoms with Gasteiger partial charge < -0.3 is 4.98 Å². The number of alkyl halides is 1. The zero-order valence-electron chi connectivity index (χ0n) is 9.17. The highest BCUT2D eigenvalue weighted by atomic mass is 79.9. The van der Waals surface area contributed by atoms with Crippen LogP contribution >= 0.6 is 15.9 Å². The predicted molar refractivity (Wildman–Crippen MR) is 70.9 cm³/mol. The molecule has 0 bridgehead atoms. The fraction of sp³-hybridized carbons (Fsp3) is 0.0833. The summed E-state index contributed by atoms with van der Waals surface area (Å²) in [4.78, 5) is 23.4. The summed E-state index contributed by atoms with van der Waals surface area (Å²) >= 11 is 3.46. The molecule has 0 spiro atoms. The van der Waals surface area contributed by atoms with Crippen LogP contribution in [-0.4, -0.2) is 9.91 Å². The molecule has 18 heavy (non-hydrogen) atoms. The summed E-state index contributed by atoms with van der Waals surface area (Å²) in [5.74, 6) is 0. The number of pyridine rings is 1. The second kappa shape index (κ2) is 5.14. The lowest BCUT2D eigenvalue weighted by molar-refractivity contribution is -0.386. The van der Waals surface area contributed by atoms with Gasteiger partial charge in [-0.15, -0.1) is 0 Å². The van der Waals surface area contributed by atoms with E-state index >= 15 is 0 Å². The summed E-state index contributed by atoms with van der Waals surface area (Å²) in [5, 5.41) is 10.7. The van der Waals surface area contributed by atoms with Gasteiger partial charge in [-0.1, -0.05) is 46.3 Å². The van der Waals surface area contributed by atoms with Gasteiger partial charge in [-0.3, -0.25) is 14.9 Å². The van der Waals surface area contributed by atoms with Crippen LogP contribution < -0.4 is 5.56 Å². The number of nitrogens with one attached hydrogen (secondary N) is 1. The van der Waals surface area contributed by atoms with Crippen molar-refractivity contribution in [2.45, 2.75) is 4.83 Å². The summed E-state index contributed by atoms with van der Waals surface area (Å²) < 4.78 is 0. The Morgan fingerprint density at radius 3 is 2.50 bits per heavy atom. The first kappa shape index (κ1) is 12.5. The zero-order chi connectivity index (χ0) is 13.1. The van der Waals surface area contributed by atoms with Crippen molar-refractivity contribution >= 4 is 21.6 Å². The van der Waals surface area contributed by atoms with Gasteiger partial charge in [0, 0.05) is 12.3 Å². The third-order valence-corrected chi connectivity index (χ3v) is 3.54. The summed E-state index contributed by atoms with van der Waals surface area (Å²) in [6, 6.07) is 10.7. The van der Waals surface area contributed by atoms with Gasteiger partial charge in [-0.05, 0) is 11.1 Å². The number of hydrogen-bond acceptors (Lipinski definition) is 3. The number of nitrogens with zero attached hydrogens (tertiary/aromatic N) is 1. The van der Waals surface area contributed by atoms with Gasteiger partial charge in [0.05, 0.1) is 9.75 Å². The Bertz CT molecular complexity index is 625. The number of halogens is 1. The molecule has 2 aromatic rings. The predicted octanol–water partition coefficient (Wildman–Crippen LogP) is 2.77. The molecule has 0 aliphatic heterocycles. The molecule has 0 aliphatic rings. The average molecular weight is 309 g/mol. The fourth-order valence-electron chi connectivity index (χ4n) is 1.58. The minimum Gasteiger partial charge on any atom is -0.323 e. The highest BCUT2D eigenvalue weighted by molar-refractivity contribution is 9.09. The van der Waals surface area contributed by atoms with Gasteiger partial charge in [-0.25, -0.2) is 0 Å². The van der Waals surface area contributed by atoms with E-state index < -0.39 is 16.2 Å². The van der Waals surface area contributed by atoms with Gasteiger partial charge in [0.2, 0.25) is 0 Å². The Hall–Kier alpha value is -1.95. The molecule has 1 aromatic carbocycles. The van der Waals surface area contributed by atoms with Crippen LogP contribution in [0.3, 0.4) is 0 Å². The van der Waals surface area contributed by atoms with Crippen LogP contribution in [0.25, 0.3) is 0 Å². The molecule has 1 heterocycles. The van der Waals surface area contributed by atoms with E-state index in [1.54, 1.807) is 0 Å². The molecule has 0 fully saturated rings. The summed E-state index contributed by atoms with van der Waals surface area (Å²) in [5.41, 5.74) is 0.440. The number of nitro groups is 1. The fourth-order valence-corrected chi connectivity index (χ4v) is 2.15. The van der Waals surface area contributed by atoms with Crippen molar-refractivity contribution in [1.82, 2.24) is 4.98 Å². The van der Waals surface area contributed by atoms with Crippen LogP contribution in [0.2, 0.25) is 0 Å². The molecule has 6 heteroatoms. The molecular formula is C12H9BrN2O3. The monoisotopic (exact) mass is 308 g/mol. The van der Waals surface area contributed by atoms with Gasteiger partial charge in [-0.2, -0.15) is 0 Å². The minimum absolute atomic E-state index is 0.200. The van der Waals surface area contributed by atoms with E-state index in [-0.39, 0.29) is 4.83 Å². The first-order chi connectivity index (χ1) is 8.59. The quantitative estimate of drug-likeness (QED) is 0.538. The van der Waals surface area contributed by atoms with Gasteiger partial charge >= 0.3 is 11.2 Å². The molecule has 1 unspecified atom stereocenters. The number of rotatable bonds is 3. The zero-order valence-corrected chi connectivity index (χ0v) is 10.8. The standard InChI is InChI=1S/C12H9BrN2O3/c13-11(8-4-2-1-3-5-8)9-6-10(15(17)18)12(16)14-7-9/h1-7,11H,(H,14,16). The van der Waals surface area contributed by atoms with Crippen molar-refractivity contribution in [2.24, 2.45) is 0 Å². The van der Waals surface area contributed by atoms with Crippen molar-refractivity contribution in [3.8, 4) is 0 Å². The Labute approximate surface area is 111 Å². The third kappa shape index (κ3) is 2.48. The molecule has 1 N–H and O–H groups in total. The normalized spacial score (nSPS) is 12.1. The number of benzene rings is 1. The van der Waals surface area contributed by atoms with Gasteiger partial charge in [0.25, 0.3) is 0 Å². The maximum absolute atomic E-state index is 11.3. The van der Waals surface area contributed by atoms with E-state index in [0.717, 1.165) is 5.56 Å². The molecule has 2 rings (SSSR count). The lowest BCUT2D eigenvalue weighted by Gasteiger charge is -2.09. The molecule has 0 saturated carbocycles. The Balaban J connectivity index is 2.43. The average Bonchev–Trinajstić information content (AvgIpc) is 2.39. The van der Waals surface area contributed by atoms with Crippen molar-refractivity contribution in [2.75, 3.05) is 0 Å². The van der Waals surface area contributed by atoms with Crippen LogP contribution in [0.1, 0.15) is 16.0 Å². The van der Waals surface area contributed by atoms with Crippen molar-refractivity contribution in [3.05, 3.63) is 74.2 Å². The highest BCUT2D eigenvalue weighted by Gasteiger charge is 2.17. The molecule has 0 radical (unpaired) electrons. The second-order valence-electron chi connectivity index (χ2n) is 3.68. The van der Waals surface area contributed by atoms with Gasteiger partial charge in [0.15, 0.2) is 0 Å². The lowest BCUT2D eigenvalue weighted by Crippen LogP contribution is -2.12.